The summed E-state index contributed by atoms with van der Waals surface area (Å²) < 4.78 is 0.669. The molecule has 1 heterocycles. The van der Waals surface area contributed by atoms with E-state index in [0.717, 1.165) is 19.3 Å². The van der Waals surface area contributed by atoms with Gasteiger partial charge in [0.25, 0.3) is 0 Å². The van der Waals surface area contributed by atoms with Crippen LogP contribution >= 0.6 is 23.1 Å². The molecule has 0 aliphatic heterocycles. The minimum Gasteiger partial charge on any atom is -0.352 e. The van der Waals surface area contributed by atoms with Gasteiger partial charge in [-0.2, -0.15) is 0 Å². The Bertz CT molecular complexity index is 499. The van der Waals surface area contributed by atoms with Gasteiger partial charge in [-0.1, -0.05) is 35.6 Å². The number of anilines is 1. The molecule has 6 nitrogen and oxygen atoms in total. The van der Waals surface area contributed by atoms with Crippen molar-refractivity contribution in [3.05, 3.63) is 12.7 Å². The number of hydrogen-bond donors (Lipinski definition) is 2. The van der Waals surface area contributed by atoms with Crippen LogP contribution in [0.5, 0.6) is 0 Å². The fourth-order valence-corrected chi connectivity index (χ4v) is 3.15. The molecule has 1 saturated carbocycles. The Balaban J connectivity index is 1.75. The molecule has 1 aromatic rings. The second-order valence-electron chi connectivity index (χ2n) is 4.37. The normalized spacial score (nSPS) is 14.4. The lowest BCUT2D eigenvalue weighted by molar-refractivity contribution is -0.122. The molecule has 0 atom stereocenters. The summed E-state index contributed by atoms with van der Waals surface area (Å²) in [6.45, 7) is 3.98. The van der Waals surface area contributed by atoms with Crippen LogP contribution in [0, 0.1) is 5.92 Å². The predicted molar refractivity (Wildman–Crippen MR) is 79.8 cm³/mol. The first-order chi connectivity index (χ1) is 9.69. The molecule has 2 rings (SSSR count). The number of aromatic nitrogens is 2. The van der Waals surface area contributed by atoms with Crippen molar-refractivity contribution in [2.24, 2.45) is 5.92 Å². The molecule has 0 saturated heterocycles. The Labute approximate surface area is 125 Å². The van der Waals surface area contributed by atoms with Crippen molar-refractivity contribution < 1.29 is 9.59 Å². The van der Waals surface area contributed by atoms with Crippen LogP contribution in [0.1, 0.15) is 19.3 Å². The molecule has 8 heteroatoms. The van der Waals surface area contributed by atoms with Crippen molar-refractivity contribution in [3.63, 3.8) is 0 Å². The highest BCUT2D eigenvalue weighted by molar-refractivity contribution is 8.01. The summed E-state index contributed by atoms with van der Waals surface area (Å²) in [5.74, 6) is 0.344. The maximum absolute atomic E-state index is 11.7. The molecule has 1 fully saturated rings. The summed E-state index contributed by atoms with van der Waals surface area (Å²) in [5.41, 5.74) is 0. The van der Waals surface area contributed by atoms with Crippen LogP contribution in [0.3, 0.4) is 0 Å². The highest BCUT2D eigenvalue weighted by atomic mass is 32.2. The van der Waals surface area contributed by atoms with Gasteiger partial charge in [0.05, 0.1) is 5.75 Å². The number of hydrogen-bond acceptors (Lipinski definition) is 6. The average molecular weight is 312 g/mol. The minimum atomic E-state index is -0.0786. The second kappa shape index (κ2) is 7.39. The van der Waals surface area contributed by atoms with Crippen molar-refractivity contribution in [1.82, 2.24) is 15.5 Å². The van der Waals surface area contributed by atoms with E-state index in [2.05, 4.69) is 27.4 Å². The molecule has 1 aliphatic rings. The first-order valence-corrected chi connectivity index (χ1v) is 8.14. The van der Waals surface area contributed by atoms with Crippen molar-refractivity contribution in [2.75, 3.05) is 17.6 Å². The monoisotopic (exact) mass is 312 g/mol. The number of thioether (sulfide) groups is 1. The van der Waals surface area contributed by atoms with Crippen LogP contribution in [-0.4, -0.2) is 34.3 Å². The highest BCUT2D eigenvalue weighted by Crippen LogP contribution is 2.29. The van der Waals surface area contributed by atoms with Crippen LogP contribution in [0.25, 0.3) is 0 Å². The van der Waals surface area contributed by atoms with Crippen LogP contribution in [0.4, 0.5) is 5.13 Å². The van der Waals surface area contributed by atoms with Crippen molar-refractivity contribution in [3.8, 4) is 0 Å². The number of amides is 2. The minimum absolute atomic E-state index is 0.0210. The van der Waals surface area contributed by atoms with Crippen LogP contribution in [-0.2, 0) is 9.59 Å². The third kappa shape index (κ3) is 4.31. The van der Waals surface area contributed by atoms with Gasteiger partial charge >= 0.3 is 0 Å². The maximum Gasteiger partial charge on any atom is 0.230 e. The van der Waals surface area contributed by atoms with E-state index in [1.807, 2.05) is 0 Å². The Morgan fingerprint density at radius 1 is 1.45 bits per heavy atom. The SMILES string of the molecule is C=CCNC(=O)CSc1nnc(NC(=O)C2CCC2)s1. The first kappa shape index (κ1) is 15.0. The van der Waals surface area contributed by atoms with Gasteiger partial charge in [-0.15, -0.1) is 16.8 Å². The fourth-order valence-electron chi connectivity index (χ4n) is 1.56. The van der Waals surface area contributed by atoms with Crippen LogP contribution < -0.4 is 10.6 Å². The maximum atomic E-state index is 11.7. The Hall–Kier alpha value is -1.41. The van der Waals surface area contributed by atoms with E-state index >= 15 is 0 Å². The highest BCUT2D eigenvalue weighted by Gasteiger charge is 2.25. The first-order valence-electron chi connectivity index (χ1n) is 6.34. The zero-order valence-electron chi connectivity index (χ0n) is 10.9. The zero-order valence-corrected chi connectivity index (χ0v) is 12.6. The van der Waals surface area contributed by atoms with Gasteiger partial charge in [0, 0.05) is 12.5 Å². The molecule has 0 unspecified atom stereocenters. The fraction of sp³-hybridized carbons (Fsp3) is 0.500. The summed E-state index contributed by atoms with van der Waals surface area (Å²) in [6, 6.07) is 0. The van der Waals surface area contributed by atoms with Crippen LogP contribution in [0.15, 0.2) is 17.0 Å². The number of carbonyl (C=O) groups is 2. The summed E-state index contributed by atoms with van der Waals surface area (Å²) in [7, 11) is 0. The van der Waals surface area contributed by atoms with E-state index < -0.39 is 0 Å². The third-order valence-corrected chi connectivity index (χ3v) is 4.85. The van der Waals surface area contributed by atoms with Gasteiger partial charge in [-0.25, -0.2) is 0 Å². The van der Waals surface area contributed by atoms with Crippen LogP contribution in [0.2, 0.25) is 0 Å². The quantitative estimate of drug-likeness (QED) is 0.454. The smallest absolute Gasteiger partial charge is 0.230 e. The molecular weight excluding hydrogens is 296 g/mol. The molecule has 0 aromatic carbocycles. The van der Waals surface area contributed by atoms with E-state index in [1.165, 1.54) is 23.1 Å². The number of rotatable bonds is 7. The van der Waals surface area contributed by atoms with Gasteiger partial charge < -0.3 is 10.6 Å². The van der Waals surface area contributed by atoms with Gasteiger partial charge in [0.2, 0.25) is 16.9 Å². The zero-order chi connectivity index (χ0) is 14.4. The predicted octanol–water partition coefficient (Wildman–Crippen LogP) is 1.67. The van der Waals surface area contributed by atoms with Gasteiger partial charge in [-0.05, 0) is 12.8 Å². The molecule has 2 N–H and O–H groups in total. The number of nitrogens with zero attached hydrogens (tertiary/aromatic N) is 2. The lowest BCUT2D eigenvalue weighted by atomic mass is 9.85. The molecule has 0 radical (unpaired) electrons. The Morgan fingerprint density at radius 3 is 2.90 bits per heavy atom. The van der Waals surface area contributed by atoms with Gasteiger partial charge in [0.1, 0.15) is 0 Å². The second-order valence-corrected chi connectivity index (χ2v) is 6.57. The molecule has 108 valence electrons. The molecule has 1 aromatic heterocycles. The lowest BCUT2D eigenvalue weighted by Crippen LogP contribution is -2.27. The van der Waals surface area contributed by atoms with Gasteiger partial charge in [-0.3, -0.25) is 9.59 Å². The van der Waals surface area contributed by atoms with Crippen molar-refractivity contribution in [2.45, 2.75) is 23.6 Å². The topological polar surface area (TPSA) is 84.0 Å². The summed E-state index contributed by atoms with van der Waals surface area (Å²) in [6.07, 6.45) is 4.65. The summed E-state index contributed by atoms with van der Waals surface area (Å²) in [5, 5.41) is 13.8. The Kier molecular flexibility index (Phi) is 5.54. The van der Waals surface area contributed by atoms with Gasteiger partial charge in [0.15, 0.2) is 4.34 Å². The van der Waals surface area contributed by atoms with E-state index in [9.17, 15) is 9.59 Å². The number of nitrogens with one attached hydrogen (secondary N) is 2. The van der Waals surface area contributed by atoms with Crippen molar-refractivity contribution in [1.29, 1.82) is 0 Å². The lowest BCUT2D eigenvalue weighted by Gasteiger charge is -2.23. The van der Waals surface area contributed by atoms with E-state index in [1.54, 1.807) is 6.08 Å². The molecule has 1 aliphatic carbocycles. The van der Waals surface area contributed by atoms with E-state index in [0.29, 0.717) is 16.0 Å². The standard InChI is InChI=1S/C12H16N4O2S2/c1-2-6-13-9(17)7-19-12-16-15-11(20-12)14-10(18)8-4-3-5-8/h2,8H,1,3-7H2,(H,13,17)(H,14,15,18). The number of carbonyl (C=O) groups excluding carboxylic acids is 2. The van der Waals surface area contributed by atoms with E-state index in [4.69, 9.17) is 0 Å². The Morgan fingerprint density at radius 2 is 2.25 bits per heavy atom. The molecule has 20 heavy (non-hydrogen) atoms. The molecule has 0 spiro atoms. The van der Waals surface area contributed by atoms with Crippen molar-refractivity contribution >= 4 is 40.0 Å². The largest absolute Gasteiger partial charge is 0.352 e. The molecule has 0 bridgehead atoms. The van der Waals surface area contributed by atoms with E-state index in [-0.39, 0.29) is 23.5 Å². The summed E-state index contributed by atoms with van der Waals surface area (Å²) in [4.78, 5) is 23.1. The average Bonchev–Trinajstić information content (AvgIpc) is 2.79. The third-order valence-electron chi connectivity index (χ3n) is 2.88. The molecule has 2 amide bonds. The summed E-state index contributed by atoms with van der Waals surface area (Å²) >= 11 is 2.59. The molecular formula is C12H16N4O2S2.